The molecule has 0 saturated carbocycles. The fourth-order valence-corrected chi connectivity index (χ4v) is 2.25. The molecule has 0 radical (unpaired) electrons. The lowest BCUT2D eigenvalue weighted by Gasteiger charge is -2.12. The Morgan fingerprint density at radius 3 is 2.21 bits per heavy atom. The third kappa shape index (κ3) is 6.97. The van der Waals surface area contributed by atoms with Crippen molar-refractivity contribution in [3.63, 3.8) is 0 Å². The number of rotatable bonds is 6. The van der Waals surface area contributed by atoms with Gasteiger partial charge in [0.05, 0.1) is 7.11 Å². The first-order chi connectivity index (χ1) is 11.2. The molecule has 130 valence electrons. The maximum Gasteiger partial charge on any atom is 0.191 e. The van der Waals surface area contributed by atoms with Crippen molar-refractivity contribution in [1.82, 2.24) is 10.6 Å². The quantitative estimate of drug-likeness (QED) is 0.392. The summed E-state index contributed by atoms with van der Waals surface area (Å²) in [6.07, 6.45) is 0.917. The van der Waals surface area contributed by atoms with Crippen molar-refractivity contribution >= 4 is 41.5 Å². The minimum Gasteiger partial charge on any atom is -0.497 e. The molecule has 0 unspecified atom stereocenters. The second-order valence-corrected chi connectivity index (χ2v) is 5.51. The summed E-state index contributed by atoms with van der Waals surface area (Å²) in [5, 5.41) is 7.36. The van der Waals surface area contributed by atoms with E-state index in [1.54, 1.807) is 14.2 Å². The Balaban J connectivity index is 0.00000288. The van der Waals surface area contributed by atoms with Gasteiger partial charge >= 0.3 is 0 Å². The third-order valence-corrected chi connectivity index (χ3v) is 3.71. The summed E-state index contributed by atoms with van der Waals surface area (Å²) in [5.41, 5.74) is 2.42. The van der Waals surface area contributed by atoms with Gasteiger partial charge in [0, 0.05) is 25.2 Å². The lowest BCUT2D eigenvalue weighted by molar-refractivity contribution is 0.414. The van der Waals surface area contributed by atoms with Crippen molar-refractivity contribution in [2.24, 2.45) is 4.99 Å². The number of halogens is 2. The van der Waals surface area contributed by atoms with E-state index in [-0.39, 0.29) is 24.0 Å². The fourth-order valence-electron chi connectivity index (χ4n) is 2.13. The molecule has 2 aromatic rings. The van der Waals surface area contributed by atoms with Gasteiger partial charge in [-0.25, -0.2) is 0 Å². The van der Waals surface area contributed by atoms with Crippen LogP contribution < -0.4 is 15.4 Å². The first kappa shape index (κ1) is 20.6. The number of nitrogens with one attached hydrogen (secondary N) is 2. The van der Waals surface area contributed by atoms with Crippen molar-refractivity contribution in [2.75, 3.05) is 20.7 Å². The van der Waals surface area contributed by atoms with Gasteiger partial charge < -0.3 is 15.4 Å². The SMILES string of the molecule is CN=C(NCCc1ccc(Cl)cc1)NCc1ccc(OC)cc1.I. The van der Waals surface area contributed by atoms with Crippen LogP contribution in [0.15, 0.2) is 53.5 Å². The fraction of sp³-hybridized carbons (Fsp3) is 0.278. The average Bonchev–Trinajstić information content (AvgIpc) is 2.60. The van der Waals surface area contributed by atoms with Crippen LogP contribution in [0.3, 0.4) is 0 Å². The number of methoxy groups -OCH3 is 1. The standard InChI is InChI=1S/C18H22ClN3O.HI/c1-20-18(21-12-11-14-3-7-16(19)8-4-14)22-13-15-5-9-17(23-2)10-6-15;/h3-10H,11-13H2,1-2H3,(H2,20,21,22);1H. The van der Waals surface area contributed by atoms with Crippen LogP contribution >= 0.6 is 35.6 Å². The molecule has 2 N–H and O–H groups in total. The molecule has 0 aliphatic carbocycles. The molecule has 2 aromatic carbocycles. The number of benzene rings is 2. The normalized spacial score (nSPS) is 10.7. The second-order valence-electron chi connectivity index (χ2n) is 5.08. The molecular formula is C18H23ClIN3O. The first-order valence-corrected chi connectivity index (χ1v) is 7.91. The molecule has 0 amide bonds. The number of hydrogen-bond acceptors (Lipinski definition) is 2. The molecule has 0 atom stereocenters. The highest BCUT2D eigenvalue weighted by atomic mass is 127. The molecule has 0 heterocycles. The van der Waals surface area contributed by atoms with Crippen LogP contribution in [0.1, 0.15) is 11.1 Å². The van der Waals surface area contributed by atoms with E-state index in [0.717, 1.165) is 29.7 Å². The van der Waals surface area contributed by atoms with Crippen molar-refractivity contribution in [3.8, 4) is 5.75 Å². The van der Waals surface area contributed by atoms with E-state index in [1.165, 1.54) is 11.1 Å². The first-order valence-electron chi connectivity index (χ1n) is 7.53. The molecule has 0 aromatic heterocycles. The Morgan fingerprint density at radius 2 is 1.62 bits per heavy atom. The van der Waals surface area contributed by atoms with Crippen LogP contribution in [0.2, 0.25) is 5.02 Å². The predicted molar refractivity (Wildman–Crippen MR) is 112 cm³/mol. The molecule has 0 aliphatic rings. The number of hydrogen-bond donors (Lipinski definition) is 2. The number of aliphatic imine (C=N–C) groups is 1. The van der Waals surface area contributed by atoms with E-state index in [4.69, 9.17) is 16.3 Å². The lowest BCUT2D eigenvalue weighted by atomic mass is 10.1. The topological polar surface area (TPSA) is 45.7 Å². The van der Waals surface area contributed by atoms with Gasteiger partial charge in [0.25, 0.3) is 0 Å². The Labute approximate surface area is 165 Å². The highest BCUT2D eigenvalue weighted by molar-refractivity contribution is 14.0. The van der Waals surface area contributed by atoms with Gasteiger partial charge in [0.1, 0.15) is 5.75 Å². The van der Waals surface area contributed by atoms with Gasteiger partial charge in [0.2, 0.25) is 0 Å². The summed E-state index contributed by atoms with van der Waals surface area (Å²) in [7, 11) is 3.44. The summed E-state index contributed by atoms with van der Waals surface area (Å²) in [6, 6.07) is 15.9. The Morgan fingerprint density at radius 1 is 1.00 bits per heavy atom. The Bertz CT molecular complexity index is 630. The summed E-state index contributed by atoms with van der Waals surface area (Å²) >= 11 is 5.88. The molecule has 0 bridgehead atoms. The van der Waals surface area contributed by atoms with E-state index >= 15 is 0 Å². The minimum absolute atomic E-state index is 0. The summed E-state index contributed by atoms with van der Waals surface area (Å²) in [6.45, 7) is 1.52. The van der Waals surface area contributed by atoms with Crippen molar-refractivity contribution in [3.05, 3.63) is 64.7 Å². The summed E-state index contributed by atoms with van der Waals surface area (Å²) < 4.78 is 5.15. The van der Waals surface area contributed by atoms with Gasteiger partial charge in [-0.1, -0.05) is 35.9 Å². The number of guanidine groups is 1. The summed E-state index contributed by atoms with van der Waals surface area (Å²) in [5.74, 6) is 1.65. The average molecular weight is 460 g/mol. The van der Waals surface area contributed by atoms with E-state index in [0.29, 0.717) is 6.54 Å². The maximum atomic E-state index is 5.88. The Hall–Kier alpha value is -1.47. The number of nitrogens with zero attached hydrogens (tertiary/aromatic N) is 1. The van der Waals surface area contributed by atoms with Crippen LogP contribution in [0.4, 0.5) is 0 Å². The van der Waals surface area contributed by atoms with Crippen molar-refractivity contribution in [1.29, 1.82) is 0 Å². The molecular weight excluding hydrogens is 437 g/mol. The molecule has 0 spiro atoms. The third-order valence-electron chi connectivity index (χ3n) is 3.46. The van der Waals surface area contributed by atoms with Crippen LogP contribution in [0.25, 0.3) is 0 Å². The van der Waals surface area contributed by atoms with E-state index in [9.17, 15) is 0 Å². The van der Waals surface area contributed by atoms with Gasteiger partial charge in [0.15, 0.2) is 5.96 Å². The molecule has 24 heavy (non-hydrogen) atoms. The zero-order chi connectivity index (χ0) is 16.5. The highest BCUT2D eigenvalue weighted by Crippen LogP contribution is 2.11. The highest BCUT2D eigenvalue weighted by Gasteiger charge is 2.00. The zero-order valence-electron chi connectivity index (χ0n) is 13.9. The minimum atomic E-state index is 0. The molecule has 0 fully saturated rings. The van der Waals surface area contributed by atoms with Crippen molar-refractivity contribution in [2.45, 2.75) is 13.0 Å². The van der Waals surface area contributed by atoms with Gasteiger partial charge in [-0.15, -0.1) is 24.0 Å². The summed E-state index contributed by atoms with van der Waals surface area (Å²) in [4.78, 5) is 4.23. The Kier molecular flexibility index (Phi) is 9.56. The van der Waals surface area contributed by atoms with Gasteiger partial charge in [-0.05, 0) is 41.8 Å². The molecule has 2 rings (SSSR count). The smallest absolute Gasteiger partial charge is 0.191 e. The van der Waals surface area contributed by atoms with Crippen LogP contribution in [0, 0.1) is 0 Å². The molecule has 0 aliphatic heterocycles. The molecule has 6 heteroatoms. The monoisotopic (exact) mass is 459 g/mol. The lowest BCUT2D eigenvalue weighted by Crippen LogP contribution is -2.37. The second kappa shape index (κ2) is 11.1. The van der Waals surface area contributed by atoms with Gasteiger partial charge in [-0.3, -0.25) is 4.99 Å². The zero-order valence-corrected chi connectivity index (χ0v) is 17.0. The van der Waals surface area contributed by atoms with E-state index < -0.39 is 0 Å². The van der Waals surface area contributed by atoms with Crippen molar-refractivity contribution < 1.29 is 4.74 Å². The predicted octanol–water partition coefficient (Wildman–Crippen LogP) is 3.87. The maximum absolute atomic E-state index is 5.88. The molecule has 4 nitrogen and oxygen atoms in total. The number of ether oxygens (including phenoxy) is 1. The van der Waals surface area contributed by atoms with Crippen LogP contribution in [-0.4, -0.2) is 26.7 Å². The van der Waals surface area contributed by atoms with Crippen LogP contribution in [-0.2, 0) is 13.0 Å². The largest absolute Gasteiger partial charge is 0.497 e. The van der Waals surface area contributed by atoms with Crippen LogP contribution in [0.5, 0.6) is 5.75 Å². The van der Waals surface area contributed by atoms with E-state index in [1.807, 2.05) is 48.5 Å². The van der Waals surface area contributed by atoms with Gasteiger partial charge in [-0.2, -0.15) is 0 Å². The molecule has 0 saturated heterocycles. The van der Waals surface area contributed by atoms with E-state index in [2.05, 4.69) is 15.6 Å².